The number of carbonyl (C=O) groups excluding carboxylic acids is 2. The summed E-state index contributed by atoms with van der Waals surface area (Å²) in [5, 5.41) is 13.7. The molecule has 1 N–H and O–H groups in total. The predicted molar refractivity (Wildman–Crippen MR) is 96.9 cm³/mol. The fraction of sp³-hybridized carbons (Fsp3) is 0.263. The molecule has 144 valence electrons. The smallest absolute Gasteiger partial charge is 0.325 e. The Hall–Kier alpha value is -3.62. The molecule has 2 heterocycles. The lowest BCUT2D eigenvalue weighted by Gasteiger charge is -2.22. The number of ether oxygens (including phenoxy) is 2. The minimum Gasteiger partial charge on any atom is -0.454 e. The van der Waals surface area contributed by atoms with Crippen molar-refractivity contribution in [2.45, 2.75) is 25.4 Å². The summed E-state index contributed by atoms with van der Waals surface area (Å²) in [5.74, 6) is 0.857. The first-order valence-electron chi connectivity index (χ1n) is 8.62. The molecular formula is C19H17N3O6. The SMILES string of the molecule is C[C@]1(Cc2ccc3c(c2)OCO3)NC(=O)N(Cc2cccc([N+](=O)[O-])c2)C1=O. The van der Waals surface area contributed by atoms with Crippen molar-refractivity contribution in [1.29, 1.82) is 0 Å². The number of non-ortho nitro benzene ring substituents is 1. The molecule has 0 bridgehead atoms. The van der Waals surface area contributed by atoms with Crippen LogP contribution < -0.4 is 14.8 Å². The average Bonchev–Trinajstić information content (AvgIpc) is 3.20. The Morgan fingerprint density at radius 2 is 1.93 bits per heavy atom. The molecule has 0 aliphatic carbocycles. The molecule has 9 heteroatoms. The van der Waals surface area contributed by atoms with Crippen molar-refractivity contribution in [3.05, 3.63) is 63.7 Å². The molecule has 0 unspecified atom stereocenters. The van der Waals surface area contributed by atoms with Crippen LogP contribution in [0.1, 0.15) is 18.1 Å². The van der Waals surface area contributed by atoms with E-state index < -0.39 is 16.5 Å². The zero-order valence-electron chi connectivity index (χ0n) is 15.0. The van der Waals surface area contributed by atoms with Crippen molar-refractivity contribution < 1.29 is 24.0 Å². The lowest BCUT2D eigenvalue weighted by atomic mass is 9.92. The molecule has 2 aromatic rings. The van der Waals surface area contributed by atoms with Gasteiger partial charge in [0.25, 0.3) is 11.6 Å². The van der Waals surface area contributed by atoms with E-state index in [9.17, 15) is 19.7 Å². The van der Waals surface area contributed by atoms with E-state index >= 15 is 0 Å². The number of nitro groups is 1. The molecule has 0 spiro atoms. The van der Waals surface area contributed by atoms with Crippen LogP contribution in [0.25, 0.3) is 0 Å². The largest absolute Gasteiger partial charge is 0.454 e. The number of hydrogen-bond acceptors (Lipinski definition) is 6. The lowest BCUT2D eigenvalue weighted by molar-refractivity contribution is -0.384. The maximum absolute atomic E-state index is 13.0. The van der Waals surface area contributed by atoms with Gasteiger partial charge in [0.1, 0.15) is 5.54 Å². The molecule has 0 aromatic heterocycles. The van der Waals surface area contributed by atoms with Gasteiger partial charge in [0, 0.05) is 18.6 Å². The van der Waals surface area contributed by atoms with Crippen LogP contribution >= 0.6 is 0 Å². The third-order valence-electron chi connectivity index (χ3n) is 4.80. The van der Waals surface area contributed by atoms with Crippen molar-refractivity contribution in [2.24, 2.45) is 0 Å². The van der Waals surface area contributed by atoms with Crippen LogP contribution in [0.5, 0.6) is 11.5 Å². The first-order chi connectivity index (χ1) is 13.4. The van der Waals surface area contributed by atoms with Gasteiger partial charge in [0.05, 0.1) is 11.5 Å². The van der Waals surface area contributed by atoms with Crippen molar-refractivity contribution in [3.63, 3.8) is 0 Å². The molecule has 3 amide bonds. The van der Waals surface area contributed by atoms with Gasteiger partial charge in [0.15, 0.2) is 11.5 Å². The van der Waals surface area contributed by atoms with Gasteiger partial charge in [-0.2, -0.15) is 0 Å². The van der Waals surface area contributed by atoms with E-state index in [4.69, 9.17) is 9.47 Å². The van der Waals surface area contributed by atoms with E-state index in [0.29, 0.717) is 17.1 Å². The number of rotatable bonds is 5. The zero-order valence-corrected chi connectivity index (χ0v) is 15.0. The van der Waals surface area contributed by atoms with Gasteiger partial charge in [0.2, 0.25) is 6.79 Å². The molecular weight excluding hydrogens is 366 g/mol. The number of urea groups is 1. The van der Waals surface area contributed by atoms with E-state index in [0.717, 1.165) is 10.5 Å². The molecule has 0 radical (unpaired) electrons. The van der Waals surface area contributed by atoms with Crippen molar-refractivity contribution >= 4 is 17.6 Å². The summed E-state index contributed by atoms with van der Waals surface area (Å²) in [7, 11) is 0. The van der Waals surface area contributed by atoms with Gasteiger partial charge in [-0.1, -0.05) is 18.2 Å². The van der Waals surface area contributed by atoms with Gasteiger partial charge in [-0.3, -0.25) is 19.8 Å². The number of amides is 3. The number of hydrogen-bond donors (Lipinski definition) is 1. The zero-order chi connectivity index (χ0) is 19.9. The molecule has 4 rings (SSSR count). The molecule has 28 heavy (non-hydrogen) atoms. The molecule has 1 fully saturated rings. The highest BCUT2D eigenvalue weighted by molar-refractivity contribution is 6.06. The highest BCUT2D eigenvalue weighted by Gasteiger charge is 2.47. The number of imide groups is 1. The van der Waals surface area contributed by atoms with E-state index in [-0.39, 0.29) is 31.4 Å². The Balaban J connectivity index is 1.53. The Morgan fingerprint density at radius 1 is 1.14 bits per heavy atom. The average molecular weight is 383 g/mol. The van der Waals surface area contributed by atoms with Gasteiger partial charge in [-0.15, -0.1) is 0 Å². The van der Waals surface area contributed by atoms with Crippen LogP contribution in [0.2, 0.25) is 0 Å². The van der Waals surface area contributed by atoms with Crippen molar-refractivity contribution in [2.75, 3.05) is 6.79 Å². The molecule has 2 aliphatic rings. The Kier molecular flexibility index (Phi) is 4.14. The first kappa shape index (κ1) is 17.8. The number of carbonyl (C=O) groups is 2. The summed E-state index contributed by atoms with van der Waals surface area (Å²) in [6.45, 7) is 1.77. The lowest BCUT2D eigenvalue weighted by Crippen LogP contribution is -2.45. The summed E-state index contributed by atoms with van der Waals surface area (Å²) in [5.41, 5.74) is 0.112. The highest BCUT2D eigenvalue weighted by atomic mass is 16.7. The second-order valence-electron chi connectivity index (χ2n) is 6.94. The van der Waals surface area contributed by atoms with Crippen LogP contribution in [-0.4, -0.2) is 34.1 Å². The number of nitro benzene ring substituents is 1. The summed E-state index contributed by atoms with van der Waals surface area (Å²) in [6, 6.07) is 10.7. The van der Waals surface area contributed by atoms with E-state index in [1.807, 2.05) is 6.07 Å². The van der Waals surface area contributed by atoms with Crippen LogP contribution in [0.3, 0.4) is 0 Å². The maximum atomic E-state index is 13.0. The standard InChI is InChI=1S/C19H17N3O6/c1-19(9-12-5-6-15-16(8-12)28-11-27-15)17(23)21(18(24)20-19)10-13-3-2-4-14(7-13)22(25)26/h2-8H,9-11H2,1H3,(H,20,24)/t19-/m1/s1. The third kappa shape index (κ3) is 3.11. The number of benzene rings is 2. The van der Waals surface area contributed by atoms with Gasteiger partial charge in [-0.25, -0.2) is 4.79 Å². The molecule has 2 aromatic carbocycles. The summed E-state index contributed by atoms with van der Waals surface area (Å²) >= 11 is 0. The Bertz CT molecular complexity index is 991. The fourth-order valence-electron chi connectivity index (χ4n) is 3.42. The van der Waals surface area contributed by atoms with Crippen LogP contribution in [-0.2, 0) is 17.8 Å². The normalized spacial score (nSPS) is 20.4. The number of nitrogens with zero attached hydrogens (tertiary/aromatic N) is 2. The topological polar surface area (TPSA) is 111 Å². The second-order valence-corrected chi connectivity index (χ2v) is 6.94. The minimum atomic E-state index is -1.12. The van der Waals surface area contributed by atoms with Gasteiger partial charge in [-0.05, 0) is 30.2 Å². The van der Waals surface area contributed by atoms with Crippen LogP contribution in [0.4, 0.5) is 10.5 Å². The maximum Gasteiger partial charge on any atom is 0.325 e. The van der Waals surface area contributed by atoms with Crippen LogP contribution in [0.15, 0.2) is 42.5 Å². The van der Waals surface area contributed by atoms with Crippen molar-refractivity contribution in [3.8, 4) is 11.5 Å². The Labute approximate surface area is 160 Å². The first-order valence-corrected chi connectivity index (χ1v) is 8.62. The molecule has 0 saturated carbocycles. The van der Waals surface area contributed by atoms with Gasteiger partial charge < -0.3 is 14.8 Å². The van der Waals surface area contributed by atoms with E-state index in [1.54, 1.807) is 25.1 Å². The molecule has 1 saturated heterocycles. The molecule has 2 aliphatic heterocycles. The quantitative estimate of drug-likeness (QED) is 0.482. The summed E-state index contributed by atoms with van der Waals surface area (Å²) in [6.07, 6.45) is 0.277. The molecule has 1 atom stereocenters. The number of fused-ring (bicyclic) bond motifs is 1. The summed E-state index contributed by atoms with van der Waals surface area (Å²) in [4.78, 5) is 36.9. The number of nitrogens with one attached hydrogen (secondary N) is 1. The highest BCUT2D eigenvalue weighted by Crippen LogP contribution is 2.34. The summed E-state index contributed by atoms with van der Waals surface area (Å²) < 4.78 is 10.6. The van der Waals surface area contributed by atoms with E-state index in [1.165, 1.54) is 18.2 Å². The minimum absolute atomic E-state index is 0.0386. The predicted octanol–water partition coefficient (Wildman–Crippen LogP) is 2.38. The monoisotopic (exact) mass is 383 g/mol. The third-order valence-corrected chi connectivity index (χ3v) is 4.80. The van der Waals surface area contributed by atoms with E-state index in [2.05, 4.69) is 5.32 Å². The van der Waals surface area contributed by atoms with Crippen molar-refractivity contribution in [1.82, 2.24) is 10.2 Å². The van der Waals surface area contributed by atoms with Gasteiger partial charge >= 0.3 is 6.03 Å². The molecule has 9 nitrogen and oxygen atoms in total. The second kappa shape index (κ2) is 6.52. The Morgan fingerprint density at radius 3 is 2.71 bits per heavy atom. The van der Waals surface area contributed by atoms with Crippen LogP contribution in [0, 0.1) is 10.1 Å². The fourth-order valence-corrected chi connectivity index (χ4v) is 3.42.